The van der Waals surface area contributed by atoms with Crippen LogP contribution in [0.15, 0.2) is 66.1 Å². The molecular weight excluding hydrogens is 515 g/mol. The number of amides is 1. The molecule has 11 heteroatoms. The van der Waals surface area contributed by atoms with E-state index in [1.165, 1.54) is 33.7 Å². The minimum atomic E-state index is -1.14. The van der Waals surface area contributed by atoms with E-state index in [2.05, 4.69) is 15.1 Å². The number of fused-ring (bicyclic) bond motifs is 1. The summed E-state index contributed by atoms with van der Waals surface area (Å²) in [6.07, 6.45) is 10.3. The smallest absolute Gasteiger partial charge is 0.296 e. The van der Waals surface area contributed by atoms with Crippen molar-refractivity contribution in [3.05, 3.63) is 77.5 Å². The zero-order chi connectivity index (χ0) is 27.7. The summed E-state index contributed by atoms with van der Waals surface area (Å²) in [5, 5.41) is 15.7. The molecule has 3 aromatic heterocycles. The van der Waals surface area contributed by atoms with Crippen LogP contribution in [-0.2, 0) is 11.3 Å². The summed E-state index contributed by atoms with van der Waals surface area (Å²) in [6, 6.07) is 9.62. The van der Waals surface area contributed by atoms with Gasteiger partial charge in [-0.15, -0.1) is 0 Å². The van der Waals surface area contributed by atoms with Gasteiger partial charge in [0.15, 0.2) is 0 Å². The van der Waals surface area contributed by atoms with Crippen molar-refractivity contribution in [1.29, 1.82) is 0 Å². The fourth-order valence-corrected chi connectivity index (χ4v) is 5.75. The van der Waals surface area contributed by atoms with E-state index >= 15 is 0 Å². The zero-order valence-corrected chi connectivity index (χ0v) is 22.0. The molecule has 1 saturated carbocycles. The lowest BCUT2D eigenvalue weighted by Gasteiger charge is -2.40. The Kier molecular flexibility index (Phi) is 7.05. The SMILES string of the molecule is O=C(C1CCC(Oc2cccnc2)CC1)N1CCC(O)(Cn2cnn3c(-c4ccc(F)cc4)cnc3c2=O)CC1. The Morgan fingerprint density at radius 3 is 2.52 bits per heavy atom. The third kappa shape index (κ3) is 5.33. The number of imidazole rings is 1. The highest BCUT2D eigenvalue weighted by Gasteiger charge is 2.37. The molecule has 2 aliphatic rings. The Balaban J connectivity index is 1.05. The van der Waals surface area contributed by atoms with Crippen molar-refractivity contribution in [1.82, 2.24) is 29.0 Å². The van der Waals surface area contributed by atoms with Crippen LogP contribution in [0.2, 0.25) is 0 Å². The van der Waals surface area contributed by atoms with E-state index in [0.29, 0.717) is 37.2 Å². The fraction of sp³-hybridized carbons (Fsp3) is 0.414. The van der Waals surface area contributed by atoms with Gasteiger partial charge >= 0.3 is 0 Å². The number of hydrogen-bond acceptors (Lipinski definition) is 7. The largest absolute Gasteiger partial charge is 0.489 e. The molecule has 1 N–H and O–H groups in total. The molecule has 10 nitrogen and oxygen atoms in total. The molecule has 208 valence electrons. The second-order valence-electron chi connectivity index (χ2n) is 10.8. The second-order valence-corrected chi connectivity index (χ2v) is 10.8. The summed E-state index contributed by atoms with van der Waals surface area (Å²) < 4.78 is 22.1. The van der Waals surface area contributed by atoms with Crippen molar-refractivity contribution >= 4 is 11.6 Å². The van der Waals surface area contributed by atoms with E-state index in [1.54, 1.807) is 24.5 Å². The summed E-state index contributed by atoms with van der Waals surface area (Å²) in [5.74, 6) is 0.493. The van der Waals surface area contributed by atoms with Gasteiger partial charge in [0.25, 0.3) is 5.56 Å². The maximum Gasteiger partial charge on any atom is 0.296 e. The first-order valence-electron chi connectivity index (χ1n) is 13.7. The summed E-state index contributed by atoms with van der Waals surface area (Å²) in [5.41, 5.74) is -0.129. The number of likely N-dealkylation sites (tertiary alicyclic amines) is 1. The van der Waals surface area contributed by atoms with Gasteiger partial charge in [0.05, 0.1) is 36.3 Å². The molecule has 0 spiro atoms. The van der Waals surface area contributed by atoms with Gasteiger partial charge in [0, 0.05) is 30.8 Å². The first kappa shape index (κ1) is 26.1. The molecule has 0 unspecified atom stereocenters. The first-order chi connectivity index (χ1) is 19.4. The maximum atomic E-state index is 13.3. The molecule has 2 fully saturated rings. The molecule has 6 rings (SSSR count). The second kappa shape index (κ2) is 10.8. The normalized spacial score (nSPS) is 20.9. The predicted octanol–water partition coefficient (Wildman–Crippen LogP) is 3.08. The molecule has 0 radical (unpaired) electrons. The number of aliphatic hydroxyl groups is 1. The monoisotopic (exact) mass is 546 g/mol. The Bertz CT molecular complexity index is 1540. The topological polar surface area (TPSA) is 115 Å². The highest BCUT2D eigenvalue weighted by molar-refractivity contribution is 5.79. The number of aromatic nitrogens is 5. The van der Waals surface area contributed by atoms with Crippen molar-refractivity contribution in [3.8, 4) is 17.0 Å². The number of piperidine rings is 1. The Morgan fingerprint density at radius 1 is 1.07 bits per heavy atom. The van der Waals surface area contributed by atoms with E-state index in [9.17, 15) is 19.1 Å². The lowest BCUT2D eigenvalue weighted by Crippen LogP contribution is -2.51. The average Bonchev–Trinajstić information content (AvgIpc) is 3.41. The standard InChI is InChI=1S/C29H31FN6O4/c30-22-7-3-20(4-8-22)25-17-32-26-28(38)35(19-33-36(25)26)18-29(39)11-14-34(15-12-29)27(37)21-5-9-23(10-6-21)40-24-2-1-13-31-16-24/h1-4,7-8,13,16-17,19,21,23,39H,5-6,9-12,14-15,18H2. The molecule has 1 aliphatic heterocycles. The maximum absolute atomic E-state index is 13.3. The van der Waals surface area contributed by atoms with Crippen molar-refractivity contribution in [2.24, 2.45) is 5.92 Å². The van der Waals surface area contributed by atoms with E-state index < -0.39 is 5.60 Å². The Hall–Kier alpha value is -4.12. The first-order valence-corrected chi connectivity index (χ1v) is 13.7. The van der Waals surface area contributed by atoms with Crippen molar-refractivity contribution in [2.75, 3.05) is 13.1 Å². The van der Waals surface area contributed by atoms with Crippen molar-refractivity contribution in [3.63, 3.8) is 0 Å². The van der Waals surface area contributed by atoms with Crippen LogP contribution in [-0.4, -0.2) is 64.9 Å². The van der Waals surface area contributed by atoms with Gasteiger partial charge in [-0.05, 0) is 74.9 Å². The molecule has 0 atom stereocenters. The third-order valence-corrected chi connectivity index (χ3v) is 8.07. The van der Waals surface area contributed by atoms with Crippen LogP contribution < -0.4 is 10.3 Å². The van der Waals surface area contributed by atoms with Gasteiger partial charge < -0.3 is 14.7 Å². The number of benzene rings is 1. The van der Waals surface area contributed by atoms with Gasteiger partial charge in [-0.3, -0.25) is 19.1 Å². The van der Waals surface area contributed by atoms with Gasteiger partial charge in [-0.2, -0.15) is 5.10 Å². The highest BCUT2D eigenvalue weighted by atomic mass is 19.1. The van der Waals surface area contributed by atoms with E-state index in [0.717, 1.165) is 31.4 Å². The molecule has 1 aliphatic carbocycles. The van der Waals surface area contributed by atoms with Crippen LogP contribution in [0.1, 0.15) is 38.5 Å². The summed E-state index contributed by atoms with van der Waals surface area (Å²) in [4.78, 5) is 36.5. The molecule has 1 amide bonds. The van der Waals surface area contributed by atoms with Crippen molar-refractivity contribution < 1.29 is 19.0 Å². The number of hydrogen-bond donors (Lipinski definition) is 1. The number of ether oxygens (including phenoxy) is 1. The van der Waals surface area contributed by atoms with E-state index in [-0.39, 0.29) is 41.5 Å². The van der Waals surface area contributed by atoms with Crippen LogP contribution in [0, 0.1) is 11.7 Å². The quantitative estimate of drug-likeness (QED) is 0.395. The summed E-state index contributed by atoms with van der Waals surface area (Å²) in [6.45, 7) is 0.931. The number of pyridine rings is 1. The Morgan fingerprint density at radius 2 is 1.82 bits per heavy atom. The fourth-order valence-electron chi connectivity index (χ4n) is 5.75. The minimum absolute atomic E-state index is 0.0371. The number of nitrogens with zero attached hydrogens (tertiary/aromatic N) is 6. The summed E-state index contributed by atoms with van der Waals surface area (Å²) >= 11 is 0. The molecule has 4 heterocycles. The van der Waals surface area contributed by atoms with Gasteiger partial charge in [-0.1, -0.05) is 0 Å². The van der Waals surface area contributed by atoms with Gasteiger partial charge in [0.2, 0.25) is 11.6 Å². The zero-order valence-electron chi connectivity index (χ0n) is 22.0. The highest BCUT2D eigenvalue weighted by Crippen LogP contribution is 2.31. The van der Waals surface area contributed by atoms with Crippen LogP contribution >= 0.6 is 0 Å². The molecule has 4 aromatic rings. The Labute approximate surface area is 230 Å². The van der Waals surface area contributed by atoms with Crippen LogP contribution in [0.25, 0.3) is 16.9 Å². The van der Waals surface area contributed by atoms with Gasteiger partial charge in [-0.25, -0.2) is 13.9 Å². The minimum Gasteiger partial charge on any atom is -0.489 e. The number of carbonyl (C=O) groups excluding carboxylic acids is 1. The average molecular weight is 547 g/mol. The number of halogens is 1. The molecular formula is C29H31FN6O4. The summed E-state index contributed by atoms with van der Waals surface area (Å²) in [7, 11) is 0. The molecule has 1 aromatic carbocycles. The lowest BCUT2D eigenvalue weighted by atomic mass is 9.85. The predicted molar refractivity (Wildman–Crippen MR) is 144 cm³/mol. The van der Waals surface area contributed by atoms with Crippen LogP contribution in [0.4, 0.5) is 4.39 Å². The van der Waals surface area contributed by atoms with E-state index in [4.69, 9.17) is 4.74 Å². The van der Waals surface area contributed by atoms with Crippen LogP contribution in [0.3, 0.4) is 0 Å². The van der Waals surface area contributed by atoms with Crippen LogP contribution in [0.5, 0.6) is 5.75 Å². The molecule has 1 saturated heterocycles. The molecule has 0 bridgehead atoms. The number of carbonyl (C=O) groups is 1. The lowest BCUT2D eigenvalue weighted by molar-refractivity contribution is -0.141. The van der Waals surface area contributed by atoms with Crippen molar-refractivity contribution in [2.45, 2.75) is 56.8 Å². The molecule has 40 heavy (non-hydrogen) atoms. The van der Waals surface area contributed by atoms with E-state index in [1.807, 2.05) is 17.0 Å². The number of rotatable bonds is 6. The van der Waals surface area contributed by atoms with Gasteiger partial charge in [0.1, 0.15) is 17.9 Å². The third-order valence-electron chi connectivity index (χ3n) is 8.07.